The molecule has 3 aromatic carbocycles. The highest BCUT2D eigenvalue weighted by Crippen LogP contribution is 2.33. The molecule has 1 amide bonds. The molecule has 0 fully saturated rings. The lowest BCUT2D eigenvalue weighted by Crippen LogP contribution is -2.22. The zero-order valence-electron chi connectivity index (χ0n) is 18.1. The molecule has 0 bridgehead atoms. The van der Waals surface area contributed by atoms with Crippen molar-refractivity contribution < 1.29 is 18.7 Å². The van der Waals surface area contributed by atoms with E-state index >= 15 is 0 Å². The van der Waals surface area contributed by atoms with Crippen molar-refractivity contribution in [2.75, 3.05) is 19.0 Å². The minimum atomic E-state index is -0.378. The summed E-state index contributed by atoms with van der Waals surface area (Å²) in [5, 5.41) is 3.19. The third-order valence-corrected chi connectivity index (χ3v) is 5.05. The number of carbonyl (C=O) groups is 1. The third kappa shape index (κ3) is 4.34. The Labute approximate surface area is 185 Å². The van der Waals surface area contributed by atoms with E-state index in [9.17, 15) is 9.59 Å². The SMILES string of the molecule is COc1ccc(-c2oc3cc(C)cc(C)c3c(=O)c2OCC(=O)Nc2ccccc2)cc1. The van der Waals surface area contributed by atoms with Gasteiger partial charge in [-0.1, -0.05) is 24.3 Å². The van der Waals surface area contributed by atoms with Crippen molar-refractivity contribution in [1.29, 1.82) is 0 Å². The molecule has 162 valence electrons. The summed E-state index contributed by atoms with van der Waals surface area (Å²) in [6.45, 7) is 3.46. The summed E-state index contributed by atoms with van der Waals surface area (Å²) in [6.07, 6.45) is 0. The van der Waals surface area contributed by atoms with Crippen LogP contribution in [0.4, 0.5) is 5.69 Å². The van der Waals surface area contributed by atoms with Crippen molar-refractivity contribution in [3.8, 4) is 22.8 Å². The molecule has 32 heavy (non-hydrogen) atoms. The van der Waals surface area contributed by atoms with Crippen LogP contribution in [-0.2, 0) is 4.79 Å². The fourth-order valence-corrected chi connectivity index (χ4v) is 3.59. The third-order valence-electron chi connectivity index (χ3n) is 5.05. The van der Waals surface area contributed by atoms with Gasteiger partial charge in [0.1, 0.15) is 11.3 Å². The van der Waals surface area contributed by atoms with Crippen LogP contribution in [0.5, 0.6) is 11.5 Å². The molecule has 0 unspecified atom stereocenters. The lowest BCUT2D eigenvalue weighted by molar-refractivity contribution is -0.118. The molecule has 0 aliphatic heterocycles. The average Bonchev–Trinajstić information content (AvgIpc) is 2.78. The number of benzene rings is 3. The van der Waals surface area contributed by atoms with Gasteiger partial charge in [0, 0.05) is 11.3 Å². The molecule has 0 aliphatic carbocycles. The van der Waals surface area contributed by atoms with Crippen LogP contribution in [0.15, 0.2) is 75.9 Å². The quantitative estimate of drug-likeness (QED) is 0.461. The minimum Gasteiger partial charge on any atom is -0.497 e. The maximum absolute atomic E-state index is 13.4. The summed E-state index contributed by atoms with van der Waals surface area (Å²) < 4.78 is 17.1. The first-order chi connectivity index (χ1) is 15.5. The number of nitrogens with one attached hydrogen (secondary N) is 1. The summed E-state index contributed by atoms with van der Waals surface area (Å²) in [4.78, 5) is 25.8. The molecule has 0 aliphatic rings. The number of fused-ring (bicyclic) bond motifs is 1. The first-order valence-electron chi connectivity index (χ1n) is 10.2. The standard InChI is InChI=1S/C26H23NO5/c1-16-13-17(2)23-21(14-16)32-25(18-9-11-20(30-3)12-10-18)26(24(23)29)31-15-22(28)27-19-7-5-4-6-8-19/h4-14H,15H2,1-3H3,(H,27,28). The Hall–Kier alpha value is -4.06. The van der Waals surface area contributed by atoms with Crippen LogP contribution in [0.25, 0.3) is 22.3 Å². The normalized spacial score (nSPS) is 10.7. The second kappa shape index (κ2) is 8.98. The molecule has 1 aromatic heterocycles. The van der Waals surface area contributed by atoms with Gasteiger partial charge >= 0.3 is 0 Å². The average molecular weight is 429 g/mol. The Morgan fingerprint density at radius 2 is 1.72 bits per heavy atom. The van der Waals surface area contributed by atoms with Crippen molar-refractivity contribution in [2.24, 2.45) is 0 Å². The van der Waals surface area contributed by atoms with Gasteiger partial charge in [-0.05, 0) is 67.4 Å². The molecule has 6 heteroatoms. The predicted molar refractivity (Wildman–Crippen MR) is 125 cm³/mol. The van der Waals surface area contributed by atoms with Gasteiger partial charge in [0.25, 0.3) is 5.91 Å². The maximum Gasteiger partial charge on any atom is 0.262 e. The monoisotopic (exact) mass is 429 g/mol. The van der Waals surface area contributed by atoms with Gasteiger partial charge in [0.05, 0.1) is 12.5 Å². The van der Waals surface area contributed by atoms with E-state index < -0.39 is 0 Å². The molecule has 0 spiro atoms. The van der Waals surface area contributed by atoms with E-state index in [2.05, 4.69) is 5.32 Å². The van der Waals surface area contributed by atoms with Crippen LogP contribution < -0.4 is 20.2 Å². The van der Waals surface area contributed by atoms with Crippen LogP contribution >= 0.6 is 0 Å². The van der Waals surface area contributed by atoms with E-state index in [1.807, 2.05) is 44.2 Å². The van der Waals surface area contributed by atoms with Gasteiger partial charge in [-0.2, -0.15) is 0 Å². The molecule has 0 radical (unpaired) electrons. The zero-order valence-corrected chi connectivity index (χ0v) is 18.1. The molecule has 4 aromatic rings. The molecule has 4 rings (SSSR count). The Morgan fingerprint density at radius 3 is 2.41 bits per heavy atom. The van der Waals surface area contributed by atoms with E-state index in [0.717, 1.165) is 11.1 Å². The van der Waals surface area contributed by atoms with Crippen molar-refractivity contribution >= 4 is 22.6 Å². The molecule has 1 N–H and O–H groups in total. The molecule has 1 heterocycles. The topological polar surface area (TPSA) is 77.8 Å². The zero-order chi connectivity index (χ0) is 22.7. The minimum absolute atomic E-state index is 0.00201. The number of rotatable bonds is 6. The second-order valence-corrected chi connectivity index (χ2v) is 7.48. The fraction of sp³-hybridized carbons (Fsp3) is 0.154. The van der Waals surface area contributed by atoms with Crippen molar-refractivity contribution in [1.82, 2.24) is 0 Å². The molecule has 6 nitrogen and oxygen atoms in total. The first-order valence-corrected chi connectivity index (χ1v) is 10.2. The number of methoxy groups -OCH3 is 1. The Bertz CT molecular complexity index is 1320. The summed E-state index contributed by atoms with van der Waals surface area (Å²) >= 11 is 0. The summed E-state index contributed by atoms with van der Waals surface area (Å²) in [5.41, 5.74) is 3.21. The van der Waals surface area contributed by atoms with E-state index in [-0.39, 0.29) is 29.5 Å². The lowest BCUT2D eigenvalue weighted by atomic mass is 10.0. The van der Waals surface area contributed by atoms with E-state index in [4.69, 9.17) is 13.9 Å². The van der Waals surface area contributed by atoms with Gasteiger partial charge in [-0.3, -0.25) is 9.59 Å². The number of carbonyl (C=O) groups excluding carboxylic acids is 1. The summed E-state index contributed by atoms with van der Waals surface area (Å²) in [6, 6.07) is 19.9. The smallest absolute Gasteiger partial charge is 0.262 e. The number of ether oxygens (including phenoxy) is 2. The highest BCUT2D eigenvalue weighted by atomic mass is 16.5. The van der Waals surface area contributed by atoms with Gasteiger partial charge in [0.15, 0.2) is 12.4 Å². The fourth-order valence-electron chi connectivity index (χ4n) is 3.59. The largest absolute Gasteiger partial charge is 0.497 e. The highest BCUT2D eigenvalue weighted by Gasteiger charge is 2.20. The van der Waals surface area contributed by atoms with E-state index in [1.54, 1.807) is 43.5 Å². The number of anilines is 1. The summed E-state index contributed by atoms with van der Waals surface area (Å²) in [5.74, 6) is 0.561. The molecular formula is C26H23NO5. The van der Waals surface area contributed by atoms with Crippen molar-refractivity contribution in [3.63, 3.8) is 0 Å². The number of para-hydroxylation sites is 1. The van der Waals surface area contributed by atoms with Crippen LogP contribution in [0.2, 0.25) is 0 Å². The van der Waals surface area contributed by atoms with Crippen LogP contribution in [-0.4, -0.2) is 19.6 Å². The van der Waals surface area contributed by atoms with Crippen molar-refractivity contribution in [3.05, 3.63) is 88.1 Å². The Morgan fingerprint density at radius 1 is 1.00 bits per heavy atom. The van der Waals surface area contributed by atoms with Gasteiger partial charge in [0.2, 0.25) is 11.2 Å². The second-order valence-electron chi connectivity index (χ2n) is 7.48. The highest BCUT2D eigenvalue weighted by molar-refractivity contribution is 5.92. The first kappa shape index (κ1) is 21.2. The van der Waals surface area contributed by atoms with E-state index in [1.165, 1.54) is 0 Å². The molecule has 0 atom stereocenters. The number of hydrogen-bond donors (Lipinski definition) is 1. The van der Waals surface area contributed by atoms with Crippen molar-refractivity contribution in [2.45, 2.75) is 13.8 Å². The Balaban J connectivity index is 1.75. The van der Waals surface area contributed by atoms with Crippen LogP contribution in [0, 0.1) is 13.8 Å². The number of amides is 1. The van der Waals surface area contributed by atoms with E-state index in [0.29, 0.717) is 28.0 Å². The summed E-state index contributed by atoms with van der Waals surface area (Å²) in [7, 11) is 1.58. The Kier molecular flexibility index (Phi) is 5.94. The molecule has 0 saturated heterocycles. The number of aryl methyl sites for hydroxylation is 2. The molecule has 0 saturated carbocycles. The maximum atomic E-state index is 13.4. The predicted octanol–water partition coefficient (Wildman–Crippen LogP) is 5.10. The van der Waals surface area contributed by atoms with Crippen LogP contribution in [0.3, 0.4) is 0 Å². The number of hydrogen-bond acceptors (Lipinski definition) is 5. The van der Waals surface area contributed by atoms with Gasteiger partial charge in [-0.15, -0.1) is 0 Å². The molecular weight excluding hydrogens is 406 g/mol. The van der Waals surface area contributed by atoms with Crippen LogP contribution in [0.1, 0.15) is 11.1 Å². The lowest BCUT2D eigenvalue weighted by Gasteiger charge is -2.13. The van der Waals surface area contributed by atoms with Gasteiger partial charge in [-0.25, -0.2) is 0 Å². The van der Waals surface area contributed by atoms with Gasteiger partial charge < -0.3 is 19.2 Å².